The lowest BCUT2D eigenvalue weighted by molar-refractivity contribution is 0.210. The van der Waals surface area contributed by atoms with Gasteiger partial charge in [-0.2, -0.15) is 4.98 Å². The van der Waals surface area contributed by atoms with Gasteiger partial charge in [-0.3, -0.25) is 0 Å². The van der Waals surface area contributed by atoms with Gasteiger partial charge in [-0.25, -0.2) is 4.98 Å². The minimum atomic E-state index is 0.656. The molecule has 0 atom stereocenters. The number of hydrogen-bond donors (Lipinski definition) is 2. The summed E-state index contributed by atoms with van der Waals surface area (Å²) in [5, 5.41) is 6.27. The van der Waals surface area contributed by atoms with Crippen molar-refractivity contribution in [1.29, 1.82) is 0 Å². The Hall–Kier alpha value is -1.36. The third-order valence-electron chi connectivity index (χ3n) is 1.91. The summed E-state index contributed by atoms with van der Waals surface area (Å²) in [6.07, 6.45) is 1.81. The predicted molar refractivity (Wildman–Crippen MR) is 61.3 cm³/mol. The Bertz CT molecular complexity index is 303. The minimum Gasteiger partial charge on any atom is -0.383 e. The van der Waals surface area contributed by atoms with Crippen molar-refractivity contribution in [3.63, 3.8) is 0 Å². The van der Waals surface area contributed by atoms with E-state index in [9.17, 15) is 0 Å². The molecule has 0 aliphatic heterocycles. The van der Waals surface area contributed by atoms with Crippen LogP contribution >= 0.6 is 0 Å². The van der Waals surface area contributed by atoms with Crippen LogP contribution in [0.1, 0.15) is 12.5 Å². The van der Waals surface area contributed by atoms with Crippen molar-refractivity contribution < 1.29 is 4.74 Å². The van der Waals surface area contributed by atoms with Gasteiger partial charge in [0.05, 0.1) is 6.61 Å². The second-order valence-corrected chi connectivity index (χ2v) is 3.18. The van der Waals surface area contributed by atoms with Crippen LogP contribution in [-0.2, 0) is 4.74 Å². The zero-order valence-electron chi connectivity index (χ0n) is 9.50. The van der Waals surface area contributed by atoms with Crippen LogP contribution in [0.5, 0.6) is 0 Å². The molecule has 2 N–H and O–H groups in total. The number of nitrogens with one attached hydrogen (secondary N) is 2. The lowest BCUT2D eigenvalue weighted by Crippen LogP contribution is -2.12. The highest BCUT2D eigenvalue weighted by Gasteiger charge is 2.01. The molecule has 0 radical (unpaired) electrons. The monoisotopic (exact) mass is 210 g/mol. The van der Waals surface area contributed by atoms with Crippen LogP contribution in [0.3, 0.4) is 0 Å². The molecule has 0 aliphatic rings. The SMILES string of the molecule is CCNc1ncc(C)c(NCCOC)n1. The van der Waals surface area contributed by atoms with Gasteiger partial charge in [0.1, 0.15) is 5.82 Å². The Morgan fingerprint density at radius 2 is 2.20 bits per heavy atom. The molecule has 0 fully saturated rings. The Kier molecular flexibility index (Phi) is 4.83. The molecule has 0 saturated heterocycles. The first-order valence-electron chi connectivity index (χ1n) is 5.08. The molecule has 0 aliphatic carbocycles. The predicted octanol–water partition coefficient (Wildman–Crippen LogP) is 1.28. The maximum absolute atomic E-state index is 4.96. The number of methoxy groups -OCH3 is 1. The first kappa shape index (κ1) is 11.7. The molecule has 0 amide bonds. The van der Waals surface area contributed by atoms with Crippen LogP contribution in [-0.4, -0.2) is 36.8 Å². The summed E-state index contributed by atoms with van der Waals surface area (Å²) in [7, 11) is 1.68. The van der Waals surface area contributed by atoms with E-state index in [1.165, 1.54) is 0 Å². The van der Waals surface area contributed by atoms with E-state index in [4.69, 9.17) is 4.74 Å². The summed E-state index contributed by atoms with van der Waals surface area (Å²) in [5.74, 6) is 1.51. The third-order valence-corrected chi connectivity index (χ3v) is 1.91. The second-order valence-electron chi connectivity index (χ2n) is 3.18. The molecule has 0 aromatic carbocycles. The topological polar surface area (TPSA) is 59.1 Å². The molecule has 5 nitrogen and oxygen atoms in total. The second kappa shape index (κ2) is 6.19. The largest absolute Gasteiger partial charge is 0.383 e. The zero-order valence-corrected chi connectivity index (χ0v) is 9.50. The van der Waals surface area contributed by atoms with Gasteiger partial charge in [0.25, 0.3) is 0 Å². The fraction of sp³-hybridized carbons (Fsp3) is 0.600. The van der Waals surface area contributed by atoms with E-state index in [1.807, 2.05) is 13.8 Å². The van der Waals surface area contributed by atoms with Crippen LogP contribution in [0.25, 0.3) is 0 Å². The molecule has 1 heterocycles. The molecule has 0 unspecified atom stereocenters. The number of hydrogen-bond acceptors (Lipinski definition) is 5. The smallest absolute Gasteiger partial charge is 0.224 e. The molecule has 0 bridgehead atoms. The van der Waals surface area contributed by atoms with E-state index >= 15 is 0 Å². The fourth-order valence-corrected chi connectivity index (χ4v) is 1.14. The minimum absolute atomic E-state index is 0.656. The summed E-state index contributed by atoms with van der Waals surface area (Å²) in [6.45, 7) is 6.23. The lowest BCUT2D eigenvalue weighted by Gasteiger charge is -2.09. The highest BCUT2D eigenvalue weighted by atomic mass is 16.5. The number of anilines is 2. The van der Waals surface area contributed by atoms with E-state index in [0.29, 0.717) is 12.6 Å². The summed E-state index contributed by atoms with van der Waals surface area (Å²) >= 11 is 0. The van der Waals surface area contributed by atoms with E-state index in [1.54, 1.807) is 13.3 Å². The molecular formula is C10H18N4O. The van der Waals surface area contributed by atoms with Crippen molar-refractivity contribution in [2.45, 2.75) is 13.8 Å². The van der Waals surface area contributed by atoms with Gasteiger partial charge in [0.2, 0.25) is 5.95 Å². The summed E-state index contributed by atoms with van der Waals surface area (Å²) in [6, 6.07) is 0. The van der Waals surface area contributed by atoms with E-state index in [2.05, 4.69) is 20.6 Å². The van der Waals surface area contributed by atoms with Crippen LogP contribution in [0, 0.1) is 6.92 Å². The molecule has 0 saturated carbocycles. The number of nitrogens with zero attached hydrogens (tertiary/aromatic N) is 2. The van der Waals surface area contributed by atoms with E-state index < -0.39 is 0 Å². The van der Waals surface area contributed by atoms with Crippen molar-refractivity contribution in [2.24, 2.45) is 0 Å². The quantitative estimate of drug-likeness (QED) is 0.692. The van der Waals surface area contributed by atoms with Crippen molar-refractivity contribution in [1.82, 2.24) is 9.97 Å². The molecule has 0 spiro atoms. The van der Waals surface area contributed by atoms with Gasteiger partial charge in [0.15, 0.2) is 0 Å². The van der Waals surface area contributed by atoms with Gasteiger partial charge in [-0.1, -0.05) is 0 Å². The average molecular weight is 210 g/mol. The number of aromatic nitrogens is 2. The number of aryl methyl sites for hydroxylation is 1. The molecule has 1 rings (SSSR count). The Morgan fingerprint density at radius 3 is 2.87 bits per heavy atom. The first-order valence-corrected chi connectivity index (χ1v) is 5.08. The average Bonchev–Trinajstić information content (AvgIpc) is 2.23. The molecule has 15 heavy (non-hydrogen) atoms. The van der Waals surface area contributed by atoms with E-state index in [0.717, 1.165) is 24.5 Å². The van der Waals surface area contributed by atoms with Gasteiger partial charge >= 0.3 is 0 Å². The zero-order chi connectivity index (χ0) is 11.1. The third kappa shape index (κ3) is 3.71. The van der Waals surface area contributed by atoms with Crippen LogP contribution in [0.15, 0.2) is 6.20 Å². The fourth-order valence-electron chi connectivity index (χ4n) is 1.14. The summed E-state index contributed by atoms with van der Waals surface area (Å²) in [5.41, 5.74) is 1.03. The Labute approximate surface area is 90.3 Å². The van der Waals surface area contributed by atoms with E-state index in [-0.39, 0.29) is 0 Å². The Balaban J connectivity index is 2.63. The van der Waals surface area contributed by atoms with Crippen molar-refractivity contribution >= 4 is 11.8 Å². The van der Waals surface area contributed by atoms with Crippen LogP contribution in [0.4, 0.5) is 11.8 Å². The highest BCUT2D eigenvalue weighted by molar-refractivity contribution is 5.46. The number of rotatable bonds is 6. The van der Waals surface area contributed by atoms with Gasteiger partial charge in [-0.15, -0.1) is 0 Å². The molecule has 1 aromatic heterocycles. The van der Waals surface area contributed by atoms with Crippen molar-refractivity contribution in [3.8, 4) is 0 Å². The summed E-state index contributed by atoms with van der Waals surface area (Å²) in [4.78, 5) is 8.51. The summed E-state index contributed by atoms with van der Waals surface area (Å²) < 4.78 is 4.96. The van der Waals surface area contributed by atoms with Gasteiger partial charge < -0.3 is 15.4 Å². The number of ether oxygens (including phenoxy) is 1. The lowest BCUT2D eigenvalue weighted by atomic mass is 10.3. The normalized spacial score (nSPS) is 10.1. The standard InChI is InChI=1S/C10H18N4O/c1-4-11-10-13-7-8(2)9(14-10)12-5-6-15-3/h7H,4-6H2,1-3H3,(H2,11,12,13,14). The van der Waals surface area contributed by atoms with Crippen molar-refractivity contribution in [3.05, 3.63) is 11.8 Å². The van der Waals surface area contributed by atoms with Gasteiger partial charge in [-0.05, 0) is 13.8 Å². The Morgan fingerprint density at radius 1 is 1.40 bits per heavy atom. The molecule has 84 valence electrons. The van der Waals surface area contributed by atoms with Gasteiger partial charge in [0, 0.05) is 32.0 Å². The highest BCUT2D eigenvalue weighted by Crippen LogP contribution is 2.11. The van der Waals surface area contributed by atoms with Crippen LogP contribution in [0.2, 0.25) is 0 Å². The van der Waals surface area contributed by atoms with Crippen LogP contribution < -0.4 is 10.6 Å². The maximum Gasteiger partial charge on any atom is 0.224 e. The molecule has 5 heteroatoms. The maximum atomic E-state index is 4.96. The van der Waals surface area contributed by atoms with Crippen molar-refractivity contribution in [2.75, 3.05) is 37.4 Å². The molecule has 1 aromatic rings. The molecular weight excluding hydrogens is 192 g/mol. The first-order chi connectivity index (χ1) is 7.27.